The van der Waals surface area contributed by atoms with Crippen molar-refractivity contribution in [1.82, 2.24) is 14.5 Å². The van der Waals surface area contributed by atoms with Gasteiger partial charge in [-0.3, -0.25) is 9.36 Å². The number of nitrogens with zero attached hydrogens (tertiary/aromatic N) is 3. The van der Waals surface area contributed by atoms with Gasteiger partial charge in [-0.15, -0.1) is 11.3 Å². The molecule has 0 saturated heterocycles. The Balaban J connectivity index is 1.73. The number of hydrogen-bond donors (Lipinski definition) is 0. The van der Waals surface area contributed by atoms with Gasteiger partial charge < -0.3 is 4.90 Å². The highest BCUT2D eigenvalue weighted by Crippen LogP contribution is 2.36. The lowest BCUT2D eigenvalue weighted by Crippen LogP contribution is -2.40. The van der Waals surface area contributed by atoms with Crippen molar-refractivity contribution >= 4 is 17.2 Å². The van der Waals surface area contributed by atoms with E-state index in [-0.39, 0.29) is 11.9 Å². The molecule has 25 heavy (non-hydrogen) atoms. The maximum Gasteiger partial charge on any atom is 0.273 e. The largest absolute Gasteiger partial charge is 0.330 e. The summed E-state index contributed by atoms with van der Waals surface area (Å²) in [6.07, 6.45) is 3.57. The van der Waals surface area contributed by atoms with Gasteiger partial charge in [0, 0.05) is 17.1 Å². The maximum absolute atomic E-state index is 13.4. The second kappa shape index (κ2) is 6.48. The summed E-state index contributed by atoms with van der Waals surface area (Å²) >= 11 is 1.80. The zero-order valence-corrected chi connectivity index (χ0v) is 15.3. The third-order valence-electron chi connectivity index (χ3n) is 4.91. The fourth-order valence-corrected chi connectivity index (χ4v) is 4.65. The van der Waals surface area contributed by atoms with E-state index in [1.165, 1.54) is 10.4 Å². The van der Waals surface area contributed by atoms with Crippen LogP contribution in [-0.4, -0.2) is 26.9 Å². The van der Waals surface area contributed by atoms with Crippen molar-refractivity contribution in [1.29, 1.82) is 0 Å². The van der Waals surface area contributed by atoms with Gasteiger partial charge in [0.25, 0.3) is 5.91 Å². The van der Waals surface area contributed by atoms with E-state index in [0.717, 1.165) is 30.9 Å². The first-order valence-corrected chi connectivity index (χ1v) is 9.55. The Morgan fingerprint density at radius 1 is 1.28 bits per heavy atom. The van der Waals surface area contributed by atoms with Crippen LogP contribution in [-0.2, 0) is 6.42 Å². The van der Waals surface area contributed by atoms with E-state index in [2.05, 4.69) is 23.4 Å². The highest BCUT2D eigenvalue weighted by molar-refractivity contribution is 7.10. The molecule has 128 valence electrons. The predicted molar refractivity (Wildman–Crippen MR) is 100 cm³/mol. The highest BCUT2D eigenvalue weighted by atomic mass is 32.1. The van der Waals surface area contributed by atoms with Crippen LogP contribution in [0.3, 0.4) is 0 Å². The number of amides is 1. The first-order chi connectivity index (χ1) is 12.2. The molecule has 1 aromatic carbocycles. The molecule has 0 spiro atoms. The van der Waals surface area contributed by atoms with Crippen molar-refractivity contribution < 1.29 is 4.79 Å². The Morgan fingerprint density at radius 2 is 2.08 bits per heavy atom. The molecule has 1 amide bonds. The van der Waals surface area contributed by atoms with Crippen LogP contribution in [0.1, 0.15) is 46.1 Å². The van der Waals surface area contributed by atoms with Gasteiger partial charge in [-0.25, -0.2) is 4.98 Å². The molecule has 1 aliphatic heterocycles. The SMILES string of the molecule is CC[C@@H]1c2ccsc2CCN1C(=O)c1cnc(C)n1-c1ccccc1. The number of imidazole rings is 1. The number of benzene rings is 1. The minimum Gasteiger partial charge on any atom is -0.330 e. The zero-order valence-electron chi connectivity index (χ0n) is 14.5. The highest BCUT2D eigenvalue weighted by Gasteiger charge is 2.32. The van der Waals surface area contributed by atoms with Gasteiger partial charge in [-0.1, -0.05) is 25.1 Å². The predicted octanol–water partition coefficient (Wildman–Crippen LogP) is 4.39. The maximum atomic E-state index is 13.4. The smallest absolute Gasteiger partial charge is 0.273 e. The summed E-state index contributed by atoms with van der Waals surface area (Å²) in [4.78, 5) is 21.2. The summed E-state index contributed by atoms with van der Waals surface area (Å²) in [6, 6.07) is 12.3. The third kappa shape index (κ3) is 2.68. The minimum absolute atomic E-state index is 0.0631. The fourth-order valence-electron chi connectivity index (χ4n) is 3.73. The number of carbonyl (C=O) groups excluding carboxylic acids is 1. The number of rotatable bonds is 3. The van der Waals surface area contributed by atoms with Gasteiger partial charge >= 0.3 is 0 Å². The molecule has 1 aliphatic rings. The van der Waals surface area contributed by atoms with Crippen LogP contribution in [0, 0.1) is 6.92 Å². The van der Waals surface area contributed by atoms with Crippen LogP contribution in [0.2, 0.25) is 0 Å². The van der Waals surface area contributed by atoms with E-state index in [0.29, 0.717) is 5.69 Å². The van der Waals surface area contributed by atoms with E-state index < -0.39 is 0 Å². The molecule has 5 heteroatoms. The molecule has 3 aromatic rings. The monoisotopic (exact) mass is 351 g/mol. The zero-order chi connectivity index (χ0) is 17.4. The molecule has 3 heterocycles. The van der Waals surface area contributed by atoms with Gasteiger partial charge in [-0.05, 0) is 48.9 Å². The number of fused-ring (bicyclic) bond motifs is 1. The molecule has 4 rings (SSSR count). The molecule has 0 radical (unpaired) electrons. The molecule has 0 fully saturated rings. The molecule has 0 unspecified atom stereocenters. The number of aromatic nitrogens is 2. The van der Waals surface area contributed by atoms with Gasteiger partial charge in [-0.2, -0.15) is 0 Å². The lowest BCUT2D eigenvalue weighted by molar-refractivity contribution is 0.0649. The molecule has 0 N–H and O–H groups in total. The summed E-state index contributed by atoms with van der Waals surface area (Å²) in [7, 11) is 0. The van der Waals surface area contributed by atoms with Crippen LogP contribution in [0.15, 0.2) is 48.0 Å². The van der Waals surface area contributed by atoms with Crippen molar-refractivity contribution in [2.45, 2.75) is 32.7 Å². The van der Waals surface area contributed by atoms with Gasteiger partial charge in [0.15, 0.2) is 0 Å². The fraction of sp³-hybridized carbons (Fsp3) is 0.300. The minimum atomic E-state index is 0.0631. The lowest BCUT2D eigenvalue weighted by atomic mass is 9.97. The van der Waals surface area contributed by atoms with E-state index in [4.69, 9.17) is 0 Å². The second-order valence-electron chi connectivity index (χ2n) is 6.33. The number of thiophene rings is 1. The first-order valence-electron chi connectivity index (χ1n) is 8.67. The molecule has 4 nitrogen and oxygen atoms in total. The van der Waals surface area contributed by atoms with Crippen molar-refractivity contribution in [3.63, 3.8) is 0 Å². The summed E-state index contributed by atoms with van der Waals surface area (Å²) in [6.45, 7) is 4.86. The van der Waals surface area contributed by atoms with Crippen molar-refractivity contribution in [2.75, 3.05) is 6.54 Å². The Kier molecular flexibility index (Phi) is 4.17. The van der Waals surface area contributed by atoms with Crippen molar-refractivity contribution in [3.05, 3.63) is 69.9 Å². The second-order valence-corrected chi connectivity index (χ2v) is 7.33. The van der Waals surface area contributed by atoms with Gasteiger partial charge in [0.05, 0.1) is 12.2 Å². The molecule has 2 aromatic heterocycles. The van der Waals surface area contributed by atoms with Crippen LogP contribution in [0.5, 0.6) is 0 Å². The number of para-hydroxylation sites is 1. The average molecular weight is 351 g/mol. The Hall–Kier alpha value is -2.40. The molecule has 0 aliphatic carbocycles. The Bertz CT molecular complexity index is 897. The number of hydrogen-bond acceptors (Lipinski definition) is 3. The van der Waals surface area contributed by atoms with Gasteiger partial charge in [0.2, 0.25) is 0 Å². The van der Waals surface area contributed by atoms with Gasteiger partial charge in [0.1, 0.15) is 11.5 Å². The Labute approximate surface area is 151 Å². The van der Waals surface area contributed by atoms with Crippen LogP contribution in [0.4, 0.5) is 0 Å². The third-order valence-corrected chi connectivity index (χ3v) is 5.91. The summed E-state index contributed by atoms with van der Waals surface area (Å²) in [5.74, 6) is 0.893. The molecular weight excluding hydrogens is 330 g/mol. The average Bonchev–Trinajstić information content (AvgIpc) is 3.27. The van der Waals surface area contributed by atoms with E-state index in [9.17, 15) is 4.79 Å². The Morgan fingerprint density at radius 3 is 2.84 bits per heavy atom. The summed E-state index contributed by atoms with van der Waals surface area (Å²) < 4.78 is 1.96. The van der Waals surface area contributed by atoms with E-state index in [1.807, 2.05) is 46.7 Å². The number of aryl methyl sites for hydroxylation is 1. The normalized spacial score (nSPS) is 16.7. The van der Waals surface area contributed by atoms with Crippen LogP contribution < -0.4 is 0 Å². The van der Waals surface area contributed by atoms with E-state index in [1.54, 1.807) is 17.5 Å². The van der Waals surface area contributed by atoms with E-state index >= 15 is 0 Å². The topological polar surface area (TPSA) is 38.1 Å². The standard InChI is InChI=1S/C20H21N3OS/c1-3-17-16-10-12-25-19(16)9-11-22(17)20(24)18-13-21-14(2)23(18)15-7-5-4-6-8-15/h4-8,10,12-13,17H,3,9,11H2,1-2H3/t17-/m1/s1. The molecule has 0 bridgehead atoms. The molecule has 1 atom stereocenters. The quantitative estimate of drug-likeness (QED) is 0.702. The first kappa shape index (κ1) is 16.1. The number of carbonyl (C=O) groups is 1. The van der Waals surface area contributed by atoms with Crippen molar-refractivity contribution in [3.8, 4) is 5.69 Å². The molecule has 0 saturated carbocycles. The lowest BCUT2D eigenvalue weighted by Gasteiger charge is -2.35. The van der Waals surface area contributed by atoms with Crippen LogP contribution in [0.25, 0.3) is 5.69 Å². The molecular formula is C20H21N3OS. The summed E-state index contributed by atoms with van der Waals surface area (Å²) in [5.41, 5.74) is 2.93. The van der Waals surface area contributed by atoms with Crippen molar-refractivity contribution in [2.24, 2.45) is 0 Å². The van der Waals surface area contributed by atoms with Crippen LogP contribution >= 0.6 is 11.3 Å². The summed E-state index contributed by atoms with van der Waals surface area (Å²) in [5, 5.41) is 2.14.